The molecule has 9 heteroatoms. The fraction of sp³-hybridized carbons (Fsp3) is 0.500. The van der Waals surface area contributed by atoms with Crippen molar-refractivity contribution in [3.05, 3.63) is 17.5 Å². The van der Waals surface area contributed by atoms with E-state index in [4.69, 9.17) is 5.73 Å². The van der Waals surface area contributed by atoms with Crippen molar-refractivity contribution in [3.8, 4) is 0 Å². The number of nitrogen functional groups attached to an aromatic ring is 1. The zero-order chi connectivity index (χ0) is 13.1. The third-order valence-electron chi connectivity index (χ3n) is 1.66. The Labute approximate surface area is 123 Å². The molecule has 0 atom stereocenters. The van der Waals surface area contributed by atoms with Gasteiger partial charge in [-0.05, 0) is 18.9 Å². The van der Waals surface area contributed by atoms with E-state index in [1.54, 1.807) is 0 Å². The molecule has 0 spiro atoms. The highest BCUT2D eigenvalue weighted by atomic mass is 33.3. The van der Waals surface area contributed by atoms with Crippen LogP contribution in [0.15, 0.2) is 6.07 Å². The van der Waals surface area contributed by atoms with Crippen LogP contribution in [0, 0.1) is 0 Å². The van der Waals surface area contributed by atoms with Gasteiger partial charge in [-0.2, -0.15) is 0 Å². The molecule has 1 heterocycles. The summed E-state index contributed by atoms with van der Waals surface area (Å²) in [6.45, 7) is 4.11. The summed E-state index contributed by atoms with van der Waals surface area (Å²) >= 11 is 9.03. The first-order valence-electron chi connectivity index (χ1n) is 4.72. The number of aromatic nitrogens is 2. The minimum atomic E-state index is 0.390. The van der Waals surface area contributed by atoms with E-state index in [1.165, 1.54) is 35.5 Å². The molecular formula is C8H13N3S6. The lowest BCUT2D eigenvalue weighted by molar-refractivity contribution is 0.947. The Morgan fingerprint density at radius 1 is 1.06 bits per heavy atom. The average molecular weight is 344 g/mol. The third-order valence-corrected chi connectivity index (χ3v) is 8.32. The second kappa shape index (κ2) is 11.3. The standard InChI is InChI=1S/C8H13N3.S6/c1-3-6-5-7(4-2)11-8(9)10-6;1-3-5-6-4-2/h5H,3-4H2,1-2H3,(H2,9,10,11);. The third kappa shape index (κ3) is 8.86. The number of rotatable bonds is 2. The second-order valence-corrected chi connectivity index (χ2v) is 9.76. The molecule has 0 saturated carbocycles. The fourth-order valence-electron chi connectivity index (χ4n) is 0.961. The van der Waals surface area contributed by atoms with E-state index in [9.17, 15) is 0 Å². The van der Waals surface area contributed by atoms with Gasteiger partial charge in [0, 0.05) is 69.3 Å². The molecule has 3 nitrogen and oxygen atoms in total. The van der Waals surface area contributed by atoms with Crippen LogP contribution < -0.4 is 5.73 Å². The van der Waals surface area contributed by atoms with Crippen LogP contribution in [0.5, 0.6) is 0 Å². The van der Waals surface area contributed by atoms with Crippen LogP contribution in [-0.2, 0) is 70.7 Å². The molecule has 0 unspecified atom stereocenters. The van der Waals surface area contributed by atoms with Crippen molar-refractivity contribution in [1.82, 2.24) is 9.97 Å². The van der Waals surface area contributed by atoms with Crippen molar-refractivity contribution in [2.24, 2.45) is 0 Å². The first-order chi connectivity index (χ1) is 8.17. The zero-order valence-electron chi connectivity index (χ0n) is 9.41. The monoisotopic (exact) mass is 343 g/mol. The minimum Gasteiger partial charge on any atom is -0.368 e. The highest BCUT2D eigenvalue weighted by molar-refractivity contribution is 8.64. The van der Waals surface area contributed by atoms with Crippen LogP contribution in [0.4, 0.5) is 5.95 Å². The average Bonchev–Trinajstić information content (AvgIpc) is 2.36. The number of anilines is 1. The normalized spacial score (nSPS) is 8.59. The van der Waals surface area contributed by atoms with E-state index in [1.807, 2.05) is 6.07 Å². The molecule has 0 aliphatic rings. The van der Waals surface area contributed by atoms with Crippen LogP contribution in [0.2, 0.25) is 0 Å². The van der Waals surface area contributed by atoms with Gasteiger partial charge in [0.25, 0.3) is 0 Å². The summed E-state index contributed by atoms with van der Waals surface area (Å²) < 4.78 is 0. The highest BCUT2D eigenvalue weighted by Crippen LogP contribution is 2.03. The van der Waals surface area contributed by atoms with Crippen LogP contribution in [0.3, 0.4) is 0 Å². The zero-order valence-corrected chi connectivity index (χ0v) is 14.3. The number of nitrogens with two attached hydrogens (primary N) is 1. The summed E-state index contributed by atoms with van der Waals surface area (Å²) in [5.74, 6) is 0.390. The first kappa shape index (κ1) is 17.2. The van der Waals surface area contributed by atoms with Gasteiger partial charge in [0.05, 0.1) is 0 Å². The van der Waals surface area contributed by atoms with Gasteiger partial charge >= 0.3 is 0 Å². The Bertz CT molecular complexity index is 466. The van der Waals surface area contributed by atoms with Crippen LogP contribution in [-0.4, -0.2) is 9.97 Å². The minimum absolute atomic E-state index is 0.390. The van der Waals surface area contributed by atoms with E-state index in [0.717, 1.165) is 24.2 Å². The number of hydrogen-bond acceptors (Lipinski definition) is 5. The Hall–Kier alpha value is 0.200. The number of nitrogens with zero attached hydrogens (tertiary/aromatic N) is 2. The molecule has 0 fully saturated rings. The molecule has 0 bridgehead atoms. The van der Waals surface area contributed by atoms with Gasteiger partial charge in [0.15, 0.2) is 0 Å². The highest BCUT2D eigenvalue weighted by Gasteiger charge is 1.97. The molecular weight excluding hydrogens is 331 g/mol. The van der Waals surface area contributed by atoms with Gasteiger partial charge in [-0.15, -0.1) is 0 Å². The van der Waals surface area contributed by atoms with Crippen molar-refractivity contribution in [2.75, 3.05) is 5.73 Å². The van der Waals surface area contributed by atoms with Crippen molar-refractivity contribution in [3.63, 3.8) is 0 Å². The molecule has 96 valence electrons. The van der Waals surface area contributed by atoms with Gasteiger partial charge < -0.3 is 5.73 Å². The van der Waals surface area contributed by atoms with Crippen LogP contribution >= 0.6 is 0 Å². The molecule has 0 radical (unpaired) electrons. The van der Waals surface area contributed by atoms with Gasteiger partial charge in [0.2, 0.25) is 5.95 Å². The summed E-state index contributed by atoms with van der Waals surface area (Å²) in [5.41, 5.74) is 7.53. The van der Waals surface area contributed by atoms with Gasteiger partial charge in [0.1, 0.15) is 0 Å². The second-order valence-electron chi connectivity index (χ2n) is 2.69. The largest absolute Gasteiger partial charge is 0.368 e. The molecule has 1 aromatic heterocycles. The SMILES string of the molecule is CCc1cc(CC)nc(N)n1.S=S=S=S=S=S. The van der Waals surface area contributed by atoms with Crippen LogP contribution in [0.1, 0.15) is 25.2 Å². The molecule has 0 aliphatic carbocycles. The number of hydrogen-bond donors (Lipinski definition) is 1. The Morgan fingerprint density at radius 3 is 1.76 bits per heavy atom. The summed E-state index contributed by atoms with van der Waals surface area (Å²) in [4.78, 5) is 8.13. The Morgan fingerprint density at radius 2 is 1.47 bits per heavy atom. The molecule has 2 N–H and O–H groups in total. The Kier molecular flexibility index (Phi) is 11.4. The topological polar surface area (TPSA) is 51.8 Å². The summed E-state index contributed by atoms with van der Waals surface area (Å²) in [6, 6.07) is 2.00. The van der Waals surface area contributed by atoms with Crippen molar-refractivity contribution in [2.45, 2.75) is 26.7 Å². The van der Waals surface area contributed by atoms with E-state index >= 15 is 0 Å². The van der Waals surface area contributed by atoms with Crippen molar-refractivity contribution in [1.29, 1.82) is 0 Å². The van der Waals surface area contributed by atoms with Crippen molar-refractivity contribution < 1.29 is 0 Å². The maximum Gasteiger partial charge on any atom is 0.220 e. The van der Waals surface area contributed by atoms with E-state index in [-0.39, 0.29) is 0 Å². The molecule has 0 aliphatic heterocycles. The molecule has 1 aromatic rings. The van der Waals surface area contributed by atoms with E-state index in [2.05, 4.69) is 46.2 Å². The molecule has 0 amide bonds. The number of aryl methyl sites for hydroxylation is 2. The Balaban J connectivity index is 0.000000366. The smallest absolute Gasteiger partial charge is 0.220 e. The van der Waals surface area contributed by atoms with Gasteiger partial charge in [-0.25, -0.2) is 9.97 Å². The lowest BCUT2D eigenvalue weighted by Gasteiger charge is -2.00. The lowest BCUT2D eigenvalue weighted by Crippen LogP contribution is -2.01. The van der Waals surface area contributed by atoms with Crippen molar-refractivity contribution >= 4 is 63.8 Å². The predicted octanol–water partition coefficient (Wildman–Crippen LogP) is 1.17. The maximum absolute atomic E-state index is 5.49. The van der Waals surface area contributed by atoms with Crippen LogP contribution in [0.25, 0.3) is 0 Å². The summed E-state index contributed by atoms with van der Waals surface area (Å²) in [6.07, 6.45) is 1.83. The molecule has 17 heavy (non-hydrogen) atoms. The molecule has 0 aromatic carbocycles. The van der Waals surface area contributed by atoms with E-state index in [0.29, 0.717) is 5.95 Å². The quantitative estimate of drug-likeness (QED) is 0.873. The maximum atomic E-state index is 5.49. The molecule has 0 saturated heterocycles. The first-order valence-corrected chi connectivity index (χ1v) is 11.4. The van der Waals surface area contributed by atoms with Gasteiger partial charge in [-0.3, -0.25) is 0 Å². The predicted molar refractivity (Wildman–Crippen MR) is 89.4 cm³/mol. The summed E-state index contributed by atoms with van der Waals surface area (Å²) in [7, 11) is 5.63. The molecule has 1 rings (SSSR count). The van der Waals surface area contributed by atoms with E-state index < -0.39 is 0 Å². The van der Waals surface area contributed by atoms with Gasteiger partial charge in [-0.1, -0.05) is 13.8 Å². The lowest BCUT2D eigenvalue weighted by atomic mass is 10.2. The fourth-order valence-corrected chi connectivity index (χ4v) is 6.45. The summed E-state index contributed by atoms with van der Waals surface area (Å²) in [5, 5.41) is 0.